The van der Waals surface area contributed by atoms with Gasteiger partial charge in [-0.25, -0.2) is 0 Å². The molecule has 2 aliphatic rings. The third kappa shape index (κ3) is 1.91. The van der Waals surface area contributed by atoms with Crippen LogP contribution in [0.2, 0.25) is 0 Å². The van der Waals surface area contributed by atoms with Gasteiger partial charge in [-0.2, -0.15) is 0 Å². The van der Waals surface area contributed by atoms with Crippen LogP contribution in [0.15, 0.2) is 66.7 Å². The van der Waals surface area contributed by atoms with Gasteiger partial charge in [0.25, 0.3) is 0 Å². The number of hydrogen-bond donors (Lipinski definition) is 0. The predicted octanol–water partition coefficient (Wildman–Crippen LogP) is 3.61. The van der Waals surface area contributed by atoms with Crippen LogP contribution in [-0.2, 0) is 12.8 Å². The van der Waals surface area contributed by atoms with E-state index in [9.17, 15) is 0 Å². The maximum absolute atomic E-state index is 2.61. The first-order valence-corrected chi connectivity index (χ1v) is 11.1. The lowest BCUT2D eigenvalue weighted by molar-refractivity contribution is 0.667. The zero-order valence-corrected chi connectivity index (χ0v) is 16.2. The van der Waals surface area contributed by atoms with E-state index in [1.165, 1.54) is 53.4 Å². The third-order valence-corrected chi connectivity index (χ3v) is 8.30. The number of aryl methyl sites for hydroxylation is 1. The Balaban J connectivity index is 1.74. The number of benzene rings is 3. The third-order valence-electron chi connectivity index (χ3n) is 6.23. The van der Waals surface area contributed by atoms with Gasteiger partial charge in [0.1, 0.15) is 0 Å². The van der Waals surface area contributed by atoms with Crippen molar-refractivity contribution < 1.29 is 0 Å². The van der Waals surface area contributed by atoms with Gasteiger partial charge >= 0.3 is 0 Å². The highest BCUT2D eigenvalue weighted by Crippen LogP contribution is 2.36. The summed E-state index contributed by atoms with van der Waals surface area (Å²) in [7, 11) is -0.427. The molecule has 2 heteroatoms. The fourth-order valence-electron chi connectivity index (χ4n) is 5.12. The zero-order chi connectivity index (χ0) is 17.1. The minimum atomic E-state index is -0.427. The van der Waals surface area contributed by atoms with Gasteiger partial charge in [-0.1, -0.05) is 59.8 Å². The topological polar surface area (TPSA) is 4.93 Å². The highest BCUT2D eigenvalue weighted by atomic mass is 28.2. The first kappa shape index (κ1) is 14.6. The Morgan fingerprint density at radius 2 is 1.54 bits per heavy atom. The van der Waals surface area contributed by atoms with Gasteiger partial charge in [0.05, 0.1) is 15.0 Å². The van der Waals surface area contributed by atoms with E-state index in [1.54, 1.807) is 21.6 Å². The SMILES string of the molecule is c1ccc(-n2c3c(c4ccc5c(c42)[SiH2]c2ccccc2-5)CCCC3)cc1. The van der Waals surface area contributed by atoms with Crippen LogP contribution in [0.5, 0.6) is 0 Å². The van der Waals surface area contributed by atoms with Crippen LogP contribution in [0.25, 0.3) is 27.7 Å². The molecule has 0 saturated carbocycles. The van der Waals surface area contributed by atoms with E-state index in [-0.39, 0.29) is 0 Å². The molecule has 0 radical (unpaired) electrons. The molecule has 0 spiro atoms. The largest absolute Gasteiger partial charge is 0.313 e. The lowest BCUT2D eigenvalue weighted by Gasteiger charge is -2.16. The van der Waals surface area contributed by atoms with Gasteiger partial charge in [0, 0.05) is 16.8 Å². The van der Waals surface area contributed by atoms with Gasteiger partial charge in [-0.15, -0.1) is 0 Å². The van der Waals surface area contributed by atoms with Gasteiger partial charge in [-0.3, -0.25) is 0 Å². The van der Waals surface area contributed by atoms with E-state index < -0.39 is 9.52 Å². The Labute approximate surface area is 156 Å². The highest BCUT2D eigenvalue weighted by molar-refractivity contribution is 6.75. The number of rotatable bonds is 1. The molecule has 0 bridgehead atoms. The van der Waals surface area contributed by atoms with E-state index in [2.05, 4.69) is 71.3 Å². The summed E-state index contributed by atoms with van der Waals surface area (Å²) in [5.74, 6) is 0. The Kier molecular flexibility index (Phi) is 3.06. The summed E-state index contributed by atoms with van der Waals surface area (Å²) < 4.78 is 2.61. The molecule has 1 aliphatic heterocycles. The second kappa shape index (κ2) is 5.45. The maximum Gasteiger partial charge on any atom is 0.0919 e. The lowest BCUT2D eigenvalue weighted by atomic mass is 9.95. The molecule has 0 atom stereocenters. The molecule has 0 unspecified atom stereocenters. The molecule has 26 heavy (non-hydrogen) atoms. The van der Waals surface area contributed by atoms with Crippen molar-refractivity contribution in [2.45, 2.75) is 25.7 Å². The molecule has 4 aromatic rings. The van der Waals surface area contributed by atoms with Crippen LogP contribution in [0.4, 0.5) is 0 Å². The fourth-order valence-corrected chi connectivity index (χ4v) is 7.27. The van der Waals surface area contributed by atoms with Gasteiger partial charge in [0.15, 0.2) is 0 Å². The van der Waals surface area contributed by atoms with E-state index >= 15 is 0 Å². The van der Waals surface area contributed by atoms with Crippen molar-refractivity contribution in [2.24, 2.45) is 0 Å². The second-order valence-electron chi connectivity index (χ2n) is 7.63. The first-order chi connectivity index (χ1) is 12.9. The lowest BCUT2D eigenvalue weighted by Crippen LogP contribution is -2.23. The average molecular weight is 352 g/mol. The number of nitrogens with zero attached hydrogens (tertiary/aromatic N) is 1. The Morgan fingerprint density at radius 1 is 0.731 bits per heavy atom. The summed E-state index contributed by atoms with van der Waals surface area (Å²) >= 11 is 0. The van der Waals surface area contributed by atoms with E-state index in [0.29, 0.717) is 0 Å². The Morgan fingerprint density at radius 3 is 2.46 bits per heavy atom. The quantitative estimate of drug-likeness (QED) is 0.407. The van der Waals surface area contributed by atoms with Crippen molar-refractivity contribution in [1.82, 2.24) is 4.57 Å². The smallest absolute Gasteiger partial charge is 0.0919 e. The van der Waals surface area contributed by atoms with Crippen molar-refractivity contribution >= 4 is 30.8 Å². The van der Waals surface area contributed by atoms with E-state index in [1.807, 2.05) is 0 Å². The number of fused-ring (bicyclic) bond motifs is 7. The van der Waals surface area contributed by atoms with Gasteiger partial charge in [0.2, 0.25) is 0 Å². The fraction of sp³-hybridized carbons (Fsp3) is 0.167. The molecular formula is C24H21NSi. The second-order valence-corrected chi connectivity index (χ2v) is 9.45. The summed E-state index contributed by atoms with van der Waals surface area (Å²) in [6.45, 7) is 0. The van der Waals surface area contributed by atoms with Crippen molar-refractivity contribution in [3.05, 3.63) is 78.0 Å². The van der Waals surface area contributed by atoms with Crippen LogP contribution < -0.4 is 10.4 Å². The Hall–Kier alpha value is -2.58. The maximum atomic E-state index is 2.61. The molecule has 1 aromatic heterocycles. The van der Waals surface area contributed by atoms with Crippen molar-refractivity contribution in [1.29, 1.82) is 0 Å². The molecule has 2 heterocycles. The predicted molar refractivity (Wildman–Crippen MR) is 113 cm³/mol. The molecular weight excluding hydrogens is 330 g/mol. The van der Waals surface area contributed by atoms with Gasteiger partial charge < -0.3 is 4.57 Å². The van der Waals surface area contributed by atoms with Crippen LogP contribution >= 0.6 is 0 Å². The van der Waals surface area contributed by atoms with Crippen molar-refractivity contribution in [3.8, 4) is 16.8 Å². The summed E-state index contributed by atoms with van der Waals surface area (Å²) in [6, 6.07) is 24.9. The molecule has 0 amide bonds. The molecule has 126 valence electrons. The molecule has 0 saturated heterocycles. The molecule has 0 fully saturated rings. The summed E-state index contributed by atoms with van der Waals surface area (Å²) in [4.78, 5) is 0. The molecule has 1 nitrogen and oxygen atoms in total. The number of aromatic nitrogens is 1. The van der Waals surface area contributed by atoms with E-state index in [0.717, 1.165) is 0 Å². The summed E-state index contributed by atoms with van der Waals surface area (Å²) in [6.07, 6.45) is 5.09. The average Bonchev–Trinajstić information content (AvgIpc) is 3.24. The number of para-hydroxylation sites is 1. The zero-order valence-electron chi connectivity index (χ0n) is 14.8. The standard InChI is InChI=1S/C24H21NSi/c1-2-8-16(9-3-1)25-21-12-6-4-10-17(21)19-14-15-20-18-11-5-7-13-22(18)26-24(20)23(19)25/h1-3,5,7-9,11,13-15H,4,6,10,12,26H2. The van der Waals surface area contributed by atoms with Crippen molar-refractivity contribution in [3.63, 3.8) is 0 Å². The minimum Gasteiger partial charge on any atom is -0.313 e. The number of hydrogen-bond acceptors (Lipinski definition) is 0. The van der Waals surface area contributed by atoms with E-state index in [4.69, 9.17) is 0 Å². The Bertz CT molecular complexity index is 1150. The summed E-state index contributed by atoms with van der Waals surface area (Å²) in [5, 5.41) is 4.78. The van der Waals surface area contributed by atoms with Crippen molar-refractivity contribution in [2.75, 3.05) is 0 Å². The van der Waals surface area contributed by atoms with Crippen LogP contribution in [-0.4, -0.2) is 14.1 Å². The minimum absolute atomic E-state index is 0.427. The summed E-state index contributed by atoms with van der Waals surface area (Å²) in [5.41, 5.74) is 9.00. The van der Waals surface area contributed by atoms with Crippen LogP contribution in [0, 0.1) is 0 Å². The molecule has 0 N–H and O–H groups in total. The van der Waals surface area contributed by atoms with Gasteiger partial charge in [-0.05, 0) is 59.7 Å². The van der Waals surface area contributed by atoms with Crippen LogP contribution in [0.3, 0.4) is 0 Å². The highest BCUT2D eigenvalue weighted by Gasteiger charge is 2.27. The molecule has 3 aromatic carbocycles. The monoisotopic (exact) mass is 351 g/mol. The first-order valence-electron chi connectivity index (χ1n) is 9.73. The normalized spacial score (nSPS) is 15.8. The van der Waals surface area contributed by atoms with Crippen LogP contribution in [0.1, 0.15) is 24.1 Å². The molecule has 1 aliphatic carbocycles. The molecule has 6 rings (SSSR count).